The summed E-state index contributed by atoms with van der Waals surface area (Å²) < 4.78 is 58.1. The quantitative estimate of drug-likeness (QED) is 0.213. The smallest absolute Gasteiger partial charge is 0.748 e. The molecule has 0 saturated heterocycles. The third kappa shape index (κ3) is 54.1. The van der Waals surface area contributed by atoms with Gasteiger partial charge in [-0.15, -0.1) is 0 Å². The van der Waals surface area contributed by atoms with E-state index in [0.717, 1.165) is 19.0 Å². The summed E-state index contributed by atoms with van der Waals surface area (Å²) in [6.07, 6.45) is 7.81. The van der Waals surface area contributed by atoms with Crippen molar-refractivity contribution < 1.29 is 40.6 Å². The largest absolute Gasteiger partial charge is 2.00 e. The Morgan fingerprint density at radius 2 is 1.30 bits per heavy atom. The van der Waals surface area contributed by atoms with Crippen LogP contribution in [-0.4, -0.2) is 98.7 Å². The van der Waals surface area contributed by atoms with E-state index in [1.807, 2.05) is 0 Å². The van der Waals surface area contributed by atoms with Crippen molar-refractivity contribution in [3.8, 4) is 0 Å². The van der Waals surface area contributed by atoms with Gasteiger partial charge in [0, 0.05) is 24.1 Å². The molecule has 13 heteroatoms. The van der Waals surface area contributed by atoms with Crippen molar-refractivity contribution in [3.05, 3.63) is 25.3 Å². The molecule has 0 aromatic heterocycles. The second kappa shape index (κ2) is 27.7. The summed E-state index contributed by atoms with van der Waals surface area (Å²) in [5.74, 6) is -0.899. The van der Waals surface area contributed by atoms with E-state index in [0.29, 0.717) is 18.8 Å². The summed E-state index contributed by atoms with van der Waals surface area (Å²) in [6, 6.07) is 0. The standard InChI is InChI=1S/C11H21NO.2C3H8O3S.C3H4O2.Ca/c1-4-7-8-10(5-2)9-12-11(13)6-3;2*1-2-3-7(4,5)6;1-2-3(4)5;/h6,10H,3-5,7-9H2,1-2H3,(H,12,13);2*2-3H2,1H3,(H,4,5,6);2H,1H2,(H,4,5);/q;;;;+2/p-2. The van der Waals surface area contributed by atoms with Gasteiger partial charge in [0.25, 0.3) is 0 Å². The molecule has 0 heterocycles. The molecule has 192 valence electrons. The van der Waals surface area contributed by atoms with Crippen LogP contribution >= 0.6 is 0 Å². The van der Waals surface area contributed by atoms with Crippen LogP contribution in [0.25, 0.3) is 0 Å². The molecule has 1 amide bonds. The first-order valence-corrected chi connectivity index (χ1v) is 13.4. The molecule has 0 spiro atoms. The van der Waals surface area contributed by atoms with E-state index in [9.17, 15) is 35.5 Å². The molecule has 0 aliphatic carbocycles. The first-order valence-electron chi connectivity index (χ1n) is 10.3. The Bertz CT molecular complexity index is 675. The Hall–Kier alpha value is -0.500. The van der Waals surface area contributed by atoms with Gasteiger partial charge in [-0.1, -0.05) is 60.1 Å². The summed E-state index contributed by atoms with van der Waals surface area (Å²) in [6.45, 7) is 14.8. The van der Waals surface area contributed by atoms with E-state index >= 15 is 0 Å². The molecular weight excluding hydrogens is 502 g/mol. The maximum atomic E-state index is 10.9. The molecule has 1 atom stereocenters. The van der Waals surface area contributed by atoms with Crippen LogP contribution < -0.4 is 5.32 Å². The molecular formula is C20H39CaNO9S2. The normalized spacial score (nSPS) is 10.7. The van der Waals surface area contributed by atoms with Crippen molar-refractivity contribution in [1.29, 1.82) is 0 Å². The maximum Gasteiger partial charge on any atom is 2.00 e. The average Bonchev–Trinajstić information content (AvgIpc) is 2.67. The molecule has 0 aliphatic rings. The van der Waals surface area contributed by atoms with Crippen molar-refractivity contribution in [2.45, 2.75) is 66.2 Å². The number of carbonyl (C=O) groups is 2. The zero-order valence-corrected chi connectivity index (χ0v) is 24.1. The van der Waals surface area contributed by atoms with Crippen LogP contribution in [-0.2, 0) is 29.8 Å². The summed E-state index contributed by atoms with van der Waals surface area (Å²) in [5.41, 5.74) is 0. The van der Waals surface area contributed by atoms with Crippen molar-refractivity contribution in [3.63, 3.8) is 0 Å². The molecule has 0 aromatic carbocycles. The Labute approximate surface area is 229 Å². The van der Waals surface area contributed by atoms with Gasteiger partial charge >= 0.3 is 43.7 Å². The van der Waals surface area contributed by atoms with Gasteiger partial charge in [0.2, 0.25) is 5.91 Å². The Morgan fingerprint density at radius 3 is 1.48 bits per heavy atom. The predicted octanol–water partition coefficient (Wildman–Crippen LogP) is 2.26. The Kier molecular flexibility index (Phi) is 35.8. The fourth-order valence-corrected chi connectivity index (χ4v) is 2.76. The number of aliphatic carboxylic acids is 1. The van der Waals surface area contributed by atoms with Crippen molar-refractivity contribution in [2.75, 3.05) is 18.1 Å². The van der Waals surface area contributed by atoms with Gasteiger partial charge < -0.3 is 19.5 Å². The van der Waals surface area contributed by atoms with Crippen LogP contribution in [0, 0.1) is 5.92 Å². The number of unbranched alkanes of at least 4 members (excludes halogenated alkanes) is 1. The molecule has 0 saturated carbocycles. The third-order valence-corrected chi connectivity index (χ3v) is 5.19. The number of carboxylic acid groups (broad SMARTS) is 1. The van der Waals surface area contributed by atoms with Crippen molar-refractivity contribution in [1.82, 2.24) is 5.32 Å². The number of hydrogen-bond acceptors (Lipinski definition) is 8. The van der Waals surface area contributed by atoms with Crippen LogP contribution in [0.15, 0.2) is 25.3 Å². The molecule has 33 heavy (non-hydrogen) atoms. The van der Waals surface area contributed by atoms with E-state index in [1.165, 1.54) is 25.3 Å². The minimum Gasteiger partial charge on any atom is -0.748 e. The van der Waals surface area contributed by atoms with Gasteiger partial charge in [-0.3, -0.25) is 4.79 Å². The zero-order valence-electron chi connectivity index (χ0n) is 20.2. The summed E-state index contributed by atoms with van der Waals surface area (Å²) in [4.78, 5) is 20.1. The van der Waals surface area contributed by atoms with Gasteiger partial charge in [-0.25, -0.2) is 21.6 Å². The minimum absolute atomic E-state index is 0. The van der Waals surface area contributed by atoms with Crippen LogP contribution in [0.4, 0.5) is 0 Å². The first kappa shape index (κ1) is 42.6. The van der Waals surface area contributed by atoms with E-state index < -0.39 is 26.2 Å². The SMILES string of the molecule is C=CC(=O)NCC(CC)CCCC.C=CC(=O)O.CCCS(=O)(=O)[O-].CCCS(=O)(=O)[O-].[Ca+2]. The molecule has 0 radical (unpaired) electrons. The summed E-state index contributed by atoms with van der Waals surface area (Å²) in [7, 11) is -7.85. The Morgan fingerprint density at radius 1 is 0.909 bits per heavy atom. The average molecular weight is 542 g/mol. The first-order chi connectivity index (χ1) is 14.6. The van der Waals surface area contributed by atoms with Crippen molar-refractivity contribution >= 4 is 69.9 Å². The monoisotopic (exact) mass is 541 g/mol. The van der Waals surface area contributed by atoms with Crippen LogP contribution in [0.2, 0.25) is 0 Å². The second-order valence-electron chi connectivity index (χ2n) is 6.43. The van der Waals surface area contributed by atoms with Gasteiger partial charge in [0.15, 0.2) is 0 Å². The zero-order chi connectivity index (χ0) is 26.2. The Balaban J connectivity index is -0.000000112. The summed E-state index contributed by atoms with van der Waals surface area (Å²) >= 11 is 0. The molecule has 0 bridgehead atoms. The molecule has 2 N–H and O–H groups in total. The van der Waals surface area contributed by atoms with Crippen LogP contribution in [0.1, 0.15) is 66.2 Å². The van der Waals surface area contributed by atoms with Crippen LogP contribution in [0.5, 0.6) is 0 Å². The topological polar surface area (TPSA) is 181 Å². The number of rotatable bonds is 12. The number of hydrogen-bond donors (Lipinski definition) is 2. The number of nitrogens with one attached hydrogen (secondary N) is 1. The van der Waals surface area contributed by atoms with E-state index in [2.05, 4.69) is 32.3 Å². The second-order valence-corrected chi connectivity index (χ2v) is 9.48. The molecule has 0 aliphatic heterocycles. The van der Waals surface area contributed by atoms with Gasteiger partial charge in [0.05, 0.1) is 20.2 Å². The van der Waals surface area contributed by atoms with Crippen LogP contribution in [0.3, 0.4) is 0 Å². The van der Waals surface area contributed by atoms with Gasteiger partial charge in [-0.05, 0) is 31.3 Å². The molecule has 1 unspecified atom stereocenters. The molecule has 0 fully saturated rings. The van der Waals surface area contributed by atoms with Gasteiger partial charge in [-0.2, -0.15) is 0 Å². The third-order valence-electron chi connectivity index (χ3n) is 3.38. The van der Waals surface area contributed by atoms with Crippen molar-refractivity contribution in [2.24, 2.45) is 5.92 Å². The van der Waals surface area contributed by atoms with Gasteiger partial charge in [0.1, 0.15) is 0 Å². The maximum absolute atomic E-state index is 10.9. The van der Waals surface area contributed by atoms with E-state index in [-0.39, 0.29) is 55.2 Å². The molecule has 0 aromatic rings. The molecule has 10 nitrogen and oxygen atoms in total. The molecule has 0 rings (SSSR count). The van der Waals surface area contributed by atoms with E-state index in [4.69, 9.17) is 5.11 Å². The number of amides is 1. The van der Waals surface area contributed by atoms with E-state index in [1.54, 1.807) is 13.8 Å². The predicted molar refractivity (Wildman–Crippen MR) is 130 cm³/mol. The fraction of sp³-hybridized carbons (Fsp3) is 0.700. The minimum atomic E-state index is -3.92. The summed E-state index contributed by atoms with van der Waals surface area (Å²) in [5, 5.41) is 10.4. The fourth-order valence-electron chi connectivity index (χ4n) is 1.76. The number of carboxylic acids is 1. The number of carbonyl (C=O) groups excluding carboxylic acids is 1.